The Bertz CT molecular complexity index is 171. The van der Waals surface area contributed by atoms with E-state index in [1.54, 1.807) is 4.90 Å². The summed E-state index contributed by atoms with van der Waals surface area (Å²) in [6.07, 6.45) is 1.45. The second kappa shape index (κ2) is 6.46. The van der Waals surface area contributed by atoms with Gasteiger partial charge in [0.2, 0.25) is 6.41 Å². The lowest BCUT2D eigenvalue weighted by atomic mass is 10.1. The van der Waals surface area contributed by atoms with Crippen LogP contribution in [0.3, 0.4) is 0 Å². The van der Waals surface area contributed by atoms with E-state index in [-0.39, 0.29) is 6.03 Å². The first kappa shape index (κ1) is 11.9. The third-order valence-electron chi connectivity index (χ3n) is 2.08. The summed E-state index contributed by atoms with van der Waals surface area (Å²) in [5.41, 5.74) is 0. The minimum atomic E-state index is -0.308. The van der Waals surface area contributed by atoms with E-state index in [0.29, 0.717) is 25.4 Å². The van der Waals surface area contributed by atoms with E-state index in [2.05, 4.69) is 19.2 Å². The van der Waals surface area contributed by atoms with Gasteiger partial charge in [-0.15, -0.1) is 0 Å². The maximum atomic E-state index is 11.2. The Kier molecular flexibility index (Phi) is 5.93. The van der Waals surface area contributed by atoms with Gasteiger partial charge in [-0.3, -0.25) is 10.1 Å². The lowest BCUT2D eigenvalue weighted by molar-refractivity contribution is -0.108. The van der Waals surface area contributed by atoms with Crippen LogP contribution in [0, 0.1) is 5.92 Å². The maximum Gasteiger partial charge on any atom is 0.323 e. The molecular formula is C9H18N2O2. The molecule has 0 saturated heterocycles. The van der Waals surface area contributed by atoms with E-state index in [4.69, 9.17) is 0 Å². The highest BCUT2D eigenvalue weighted by Crippen LogP contribution is 2.03. The van der Waals surface area contributed by atoms with Crippen LogP contribution in [0.2, 0.25) is 0 Å². The first-order valence-corrected chi connectivity index (χ1v) is 4.64. The third kappa shape index (κ3) is 4.50. The summed E-state index contributed by atoms with van der Waals surface area (Å²) in [5, 5.41) is 2.13. The highest BCUT2D eigenvalue weighted by atomic mass is 16.2. The second-order valence-electron chi connectivity index (χ2n) is 3.12. The predicted molar refractivity (Wildman–Crippen MR) is 51.3 cm³/mol. The molecule has 76 valence electrons. The Balaban J connectivity index is 4.00. The molecule has 0 fully saturated rings. The van der Waals surface area contributed by atoms with Crippen molar-refractivity contribution >= 4 is 12.4 Å². The number of imide groups is 1. The first-order chi connectivity index (χ1) is 6.15. The number of carbonyl (C=O) groups excluding carboxylic acids is 2. The van der Waals surface area contributed by atoms with Gasteiger partial charge in [-0.2, -0.15) is 0 Å². The van der Waals surface area contributed by atoms with Crippen LogP contribution in [-0.2, 0) is 4.79 Å². The van der Waals surface area contributed by atoms with Crippen LogP contribution in [0.25, 0.3) is 0 Å². The summed E-state index contributed by atoms with van der Waals surface area (Å²) >= 11 is 0. The lowest BCUT2D eigenvalue weighted by Crippen LogP contribution is -2.41. The van der Waals surface area contributed by atoms with Crippen LogP contribution >= 0.6 is 0 Å². The van der Waals surface area contributed by atoms with Crippen molar-refractivity contribution < 1.29 is 9.59 Å². The van der Waals surface area contributed by atoms with Crippen LogP contribution in [0.5, 0.6) is 0 Å². The van der Waals surface area contributed by atoms with Crippen molar-refractivity contribution in [1.82, 2.24) is 10.2 Å². The van der Waals surface area contributed by atoms with Crippen molar-refractivity contribution in [3.63, 3.8) is 0 Å². The van der Waals surface area contributed by atoms with E-state index < -0.39 is 0 Å². The average Bonchev–Trinajstić information content (AvgIpc) is 2.14. The van der Waals surface area contributed by atoms with Crippen molar-refractivity contribution in [1.29, 1.82) is 0 Å². The topological polar surface area (TPSA) is 49.4 Å². The Morgan fingerprint density at radius 2 is 2.15 bits per heavy atom. The fourth-order valence-corrected chi connectivity index (χ4v) is 1.00. The molecule has 0 aromatic heterocycles. The molecule has 0 aliphatic heterocycles. The number of carbonyl (C=O) groups is 2. The van der Waals surface area contributed by atoms with Crippen LogP contribution < -0.4 is 5.32 Å². The van der Waals surface area contributed by atoms with E-state index in [0.717, 1.165) is 6.42 Å². The van der Waals surface area contributed by atoms with Crippen molar-refractivity contribution in [3.8, 4) is 0 Å². The van der Waals surface area contributed by atoms with Crippen LogP contribution in [0.15, 0.2) is 0 Å². The van der Waals surface area contributed by atoms with Crippen molar-refractivity contribution in [2.24, 2.45) is 5.92 Å². The molecule has 0 spiro atoms. The maximum absolute atomic E-state index is 11.2. The molecule has 1 unspecified atom stereocenters. The smallest absolute Gasteiger partial charge is 0.323 e. The number of nitrogens with zero attached hydrogens (tertiary/aromatic N) is 1. The lowest BCUT2D eigenvalue weighted by Gasteiger charge is -2.22. The van der Waals surface area contributed by atoms with E-state index in [1.807, 2.05) is 6.92 Å². The molecule has 0 bridgehead atoms. The number of urea groups is 1. The molecule has 1 atom stereocenters. The summed E-state index contributed by atoms with van der Waals surface area (Å²) in [5.74, 6) is 0.470. The van der Waals surface area contributed by atoms with Gasteiger partial charge >= 0.3 is 6.03 Å². The molecule has 4 heteroatoms. The standard InChI is InChI=1S/C9H18N2O2/c1-4-8(3)6-11(5-2)9(13)10-7-12/h7-8H,4-6H2,1-3H3,(H,10,12,13). The fraction of sp³-hybridized carbons (Fsp3) is 0.778. The average molecular weight is 186 g/mol. The second-order valence-corrected chi connectivity index (χ2v) is 3.12. The molecule has 3 amide bonds. The number of nitrogens with one attached hydrogen (secondary N) is 1. The minimum absolute atomic E-state index is 0.308. The van der Waals surface area contributed by atoms with Crippen LogP contribution in [-0.4, -0.2) is 30.4 Å². The van der Waals surface area contributed by atoms with Crippen molar-refractivity contribution in [3.05, 3.63) is 0 Å². The fourth-order valence-electron chi connectivity index (χ4n) is 1.00. The Hall–Kier alpha value is -1.06. The van der Waals surface area contributed by atoms with E-state index in [1.165, 1.54) is 0 Å². The summed E-state index contributed by atoms with van der Waals surface area (Å²) in [7, 11) is 0. The molecular weight excluding hydrogens is 168 g/mol. The molecule has 1 N–H and O–H groups in total. The monoisotopic (exact) mass is 186 g/mol. The van der Waals surface area contributed by atoms with Gasteiger partial charge < -0.3 is 4.90 Å². The summed E-state index contributed by atoms with van der Waals surface area (Å²) in [6.45, 7) is 7.39. The van der Waals surface area contributed by atoms with Gasteiger partial charge in [-0.05, 0) is 12.8 Å². The molecule has 0 radical (unpaired) electrons. The number of hydrogen-bond acceptors (Lipinski definition) is 2. The zero-order chi connectivity index (χ0) is 10.3. The SMILES string of the molecule is CCC(C)CN(CC)C(=O)NC=O. The molecule has 0 saturated carbocycles. The molecule has 0 aliphatic carbocycles. The van der Waals surface area contributed by atoms with Gasteiger partial charge in [-0.25, -0.2) is 4.79 Å². The molecule has 0 heterocycles. The molecule has 0 aliphatic rings. The molecule has 0 aromatic rings. The highest BCUT2D eigenvalue weighted by Gasteiger charge is 2.12. The van der Waals surface area contributed by atoms with E-state index in [9.17, 15) is 9.59 Å². The third-order valence-corrected chi connectivity index (χ3v) is 2.08. The highest BCUT2D eigenvalue weighted by molar-refractivity contribution is 5.84. The largest absolute Gasteiger partial charge is 0.324 e. The van der Waals surface area contributed by atoms with Gasteiger partial charge in [0.1, 0.15) is 0 Å². The summed E-state index contributed by atoms with van der Waals surface area (Å²) < 4.78 is 0. The summed E-state index contributed by atoms with van der Waals surface area (Å²) in [4.78, 5) is 22.9. The zero-order valence-electron chi connectivity index (χ0n) is 8.54. The minimum Gasteiger partial charge on any atom is -0.324 e. The molecule has 13 heavy (non-hydrogen) atoms. The molecule has 0 aromatic carbocycles. The quantitative estimate of drug-likeness (QED) is 0.656. The molecule has 0 rings (SSSR count). The van der Waals surface area contributed by atoms with Gasteiger partial charge in [0.25, 0.3) is 0 Å². The summed E-state index contributed by atoms with van der Waals surface area (Å²) in [6, 6.07) is -0.308. The number of rotatable bonds is 5. The van der Waals surface area contributed by atoms with Crippen molar-refractivity contribution in [2.45, 2.75) is 27.2 Å². The molecule has 4 nitrogen and oxygen atoms in total. The van der Waals surface area contributed by atoms with Gasteiger partial charge in [-0.1, -0.05) is 20.3 Å². The number of hydrogen-bond donors (Lipinski definition) is 1. The Morgan fingerprint density at radius 1 is 1.54 bits per heavy atom. The van der Waals surface area contributed by atoms with Gasteiger partial charge in [0.05, 0.1) is 0 Å². The van der Waals surface area contributed by atoms with Crippen LogP contribution in [0.4, 0.5) is 4.79 Å². The Morgan fingerprint density at radius 3 is 2.54 bits per heavy atom. The predicted octanol–water partition coefficient (Wildman–Crippen LogP) is 1.22. The normalized spacial score (nSPS) is 11.9. The van der Waals surface area contributed by atoms with Crippen LogP contribution in [0.1, 0.15) is 27.2 Å². The van der Waals surface area contributed by atoms with Gasteiger partial charge in [0, 0.05) is 13.1 Å². The zero-order valence-corrected chi connectivity index (χ0v) is 8.54. The van der Waals surface area contributed by atoms with Gasteiger partial charge in [0.15, 0.2) is 0 Å². The number of amides is 3. The van der Waals surface area contributed by atoms with E-state index >= 15 is 0 Å². The Labute approximate surface area is 79.3 Å². The first-order valence-electron chi connectivity index (χ1n) is 4.64. The van der Waals surface area contributed by atoms with Crippen molar-refractivity contribution in [2.75, 3.05) is 13.1 Å².